The van der Waals surface area contributed by atoms with Gasteiger partial charge in [0.1, 0.15) is 5.82 Å². The maximum Gasteiger partial charge on any atom is 0.231 e. The molecule has 1 unspecified atom stereocenters. The maximum atomic E-state index is 13.3. The molecule has 0 fully saturated rings. The first kappa shape index (κ1) is 13.1. The number of benzene rings is 2. The van der Waals surface area contributed by atoms with Crippen LogP contribution in [0.15, 0.2) is 48.5 Å². The van der Waals surface area contributed by atoms with Crippen molar-refractivity contribution in [1.29, 1.82) is 0 Å². The summed E-state index contributed by atoms with van der Waals surface area (Å²) in [5.41, 5.74) is 6.76. The fraction of sp³-hybridized carbons (Fsp3) is 0.133. The molecule has 2 aromatic rings. The minimum Gasteiger partial charge on any atom is -0.396 e. The lowest BCUT2D eigenvalue weighted by atomic mass is 10.0. The number of amides is 1. The summed E-state index contributed by atoms with van der Waals surface area (Å²) in [6.45, 7) is 1.80. The lowest BCUT2D eigenvalue weighted by molar-refractivity contribution is -0.117. The Balaban J connectivity index is 2.10. The van der Waals surface area contributed by atoms with Gasteiger partial charge in [0, 0.05) is 5.69 Å². The summed E-state index contributed by atoms with van der Waals surface area (Å²) in [5.74, 6) is -1.03. The molecule has 19 heavy (non-hydrogen) atoms. The molecular weight excluding hydrogens is 243 g/mol. The first-order valence-corrected chi connectivity index (χ1v) is 5.99. The second-order valence-corrected chi connectivity index (χ2v) is 4.36. The quantitative estimate of drug-likeness (QED) is 0.831. The van der Waals surface area contributed by atoms with Crippen molar-refractivity contribution in [3.8, 4) is 0 Å². The van der Waals surface area contributed by atoms with Gasteiger partial charge in [-0.2, -0.15) is 0 Å². The highest BCUT2D eigenvalue weighted by atomic mass is 19.1. The van der Waals surface area contributed by atoms with Gasteiger partial charge in [-0.1, -0.05) is 30.3 Å². The van der Waals surface area contributed by atoms with Gasteiger partial charge >= 0.3 is 0 Å². The number of nitrogens with two attached hydrogens (primary N) is 1. The van der Waals surface area contributed by atoms with Crippen molar-refractivity contribution in [2.24, 2.45) is 0 Å². The number of hydrogen-bond donors (Lipinski definition) is 2. The summed E-state index contributed by atoms with van der Waals surface area (Å²) in [7, 11) is 0. The Kier molecular flexibility index (Phi) is 3.80. The van der Waals surface area contributed by atoms with Crippen LogP contribution in [0, 0.1) is 5.82 Å². The van der Waals surface area contributed by atoms with Crippen LogP contribution in [0.25, 0.3) is 0 Å². The topological polar surface area (TPSA) is 55.1 Å². The van der Waals surface area contributed by atoms with Crippen molar-refractivity contribution in [1.82, 2.24) is 0 Å². The van der Waals surface area contributed by atoms with E-state index in [9.17, 15) is 9.18 Å². The Bertz CT molecular complexity index is 584. The number of hydrogen-bond acceptors (Lipinski definition) is 2. The van der Waals surface area contributed by atoms with Gasteiger partial charge < -0.3 is 11.1 Å². The van der Waals surface area contributed by atoms with E-state index < -0.39 is 5.82 Å². The molecule has 0 saturated heterocycles. The zero-order valence-electron chi connectivity index (χ0n) is 10.6. The average molecular weight is 258 g/mol. The van der Waals surface area contributed by atoms with Gasteiger partial charge in [-0.05, 0) is 30.7 Å². The third-order valence-corrected chi connectivity index (χ3v) is 2.96. The van der Waals surface area contributed by atoms with Crippen molar-refractivity contribution in [2.75, 3.05) is 11.1 Å². The monoisotopic (exact) mass is 258 g/mol. The second kappa shape index (κ2) is 5.52. The van der Waals surface area contributed by atoms with Gasteiger partial charge in [0.25, 0.3) is 0 Å². The van der Waals surface area contributed by atoms with E-state index in [1.54, 1.807) is 13.0 Å². The highest BCUT2D eigenvalue weighted by Gasteiger charge is 2.15. The molecule has 0 saturated carbocycles. The minimum absolute atomic E-state index is 0.0640. The number of carbonyl (C=O) groups is 1. The third kappa shape index (κ3) is 3.10. The number of rotatable bonds is 3. The van der Waals surface area contributed by atoms with Crippen LogP contribution in [0.5, 0.6) is 0 Å². The molecule has 0 aliphatic carbocycles. The van der Waals surface area contributed by atoms with Crippen molar-refractivity contribution >= 4 is 17.3 Å². The largest absolute Gasteiger partial charge is 0.396 e. The molecule has 98 valence electrons. The van der Waals surface area contributed by atoms with E-state index in [1.807, 2.05) is 30.3 Å². The van der Waals surface area contributed by atoms with E-state index in [2.05, 4.69) is 5.32 Å². The van der Waals surface area contributed by atoms with Crippen LogP contribution >= 0.6 is 0 Å². The number of carbonyl (C=O) groups excluding carboxylic acids is 1. The predicted molar refractivity (Wildman–Crippen MR) is 74.3 cm³/mol. The lowest BCUT2D eigenvalue weighted by Gasteiger charge is -2.12. The summed E-state index contributed by atoms with van der Waals surface area (Å²) in [5, 5.41) is 2.67. The van der Waals surface area contributed by atoms with Crippen molar-refractivity contribution in [3.63, 3.8) is 0 Å². The van der Waals surface area contributed by atoms with Crippen LogP contribution in [0.1, 0.15) is 18.4 Å². The molecule has 2 aromatic carbocycles. The van der Waals surface area contributed by atoms with E-state index >= 15 is 0 Å². The van der Waals surface area contributed by atoms with Crippen molar-refractivity contribution in [2.45, 2.75) is 12.8 Å². The van der Waals surface area contributed by atoms with Gasteiger partial charge in [-0.15, -0.1) is 0 Å². The minimum atomic E-state index is -0.537. The molecule has 0 aromatic heterocycles. The zero-order valence-corrected chi connectivity index (χ0v) is 10.6. The summed E-state index contributed by atoms with van der Waals surface area (Å²) < 4.78 is 13.3. The summed E-state index contributed by atoms with van der Waals surface area (Å²) in [6, 6.07) is 13.6. The average Bonchev–Trinajstić information content (AvgIpc) is 2.43. The van der Waals surface area contributed by atoms with Crippen LogP contribution in [0.3, 0.4) is 0 Å². The van der Waals surface area contributed by atoms with Crippen LogP contribution < -0.4 is 11.1 Å². The highest BCUT2D eigenvalue weighted by molar-refractivity contribution is 5.95. The Labute approximate surface area is 111 Å². The van der Waals surface area contributed by atoms with Gasteiger partial charge in [0.2, 0.25) is 5.91 Å². The number of nitrogens with one attached hydrogen (secondary N) is 1. The van der Waals surface area contributed by atoms with Crippen LogP contribution in [-0.4, -0.2) is 5.91 Å². The fourth-order valence-corrected chi connectivity index (χ4v) is 1.75. The molecule has 0 bridgehead atoms. The van der Waals surface area contributed by atoms with E-state index in [4.69, 9.17) is 5.73 Å². The molecule has 0 heterocycles. The van der Waals surface area contributed by atoms with E-state index in [1.165, 1.54) is 12.1 Å². The highest BCUT2D eigenvalue weighted by Crippen LogP contribution is 2.20. The molecule has 0 radical (unpaired) electrons. The maximum absolute atomic E-state index is 13.3. The van der Waals surface area contributed by atoms with Crippen LogP contribution in [-0.2, 0) is 4.79 Å². The Morgan fingerprint density at radius 2 is 1.89 bits per heavy atom. The summed E-state index contributed by atoms with van der Waals surface area (Å²) in [6.07, 6.45) is 0. The molecule has 4 heteroatoms. The molecule has 3 N–H and O–H groups in total. The fourth-order valence-electron chi connectivity index (χ4n) is 1.75. The van der Waals surface area contributed by atoms with E-state index in [0.717, 1.165) is 5.56 Å². The zero-order chi connectivity index (χ0) is 13.8. The molecular formula is C15H15FN2O. The standard InChI is InChI=1S/C15H15FN2O/c1-10(11-5-3-2-4-6-11)15(19)18-12-7-8-14(17)13(16)9-12/h2-10H,17H2,1H3,(H,18,19). The lowest BCUT2D eigenvalue weighted by Crippen LogP contribution is -2.18. The van der Waals surface area contributed by atoms with E-state index in [-0.39, 0.29) is 17.5 Å². The number of halogens is 1. The summed E-state index contributed by atoms with van der Waals surface area (Å²) in [4.78, 5) is 12.0. The Hall–Kier alpha value is -2.36. The summed E-state index contributed by atoms with van der Waals surface area (Å²) >= 11 is 0. The Morgan fingerprint density at radius 1 is 1.21 bits per heavy atom. The van der Waals surface area contributed by atoms with Crippen molar-refractivity contribution in [3.05, 3.63) is 59.9 Å². The van der Waals surface area contributed by atoms with E-state index in [0.29, 0.717) is 5.69 Å². The molecule has 1 atom stereocenters. The Morgan fingerprint density at radius 3 is 2.53 bits per heavy atom. The molecule has 0 aliphatic rings. The van der Waals surface area contributed by atoms with Crippen LogP contribution in [0.2, 0.25) is 0 Å². The molecule has 1 amide bonds. The normalized spacial score (nSPS) is 11.9. The van der Waals surface area contributed by atoms with Gasteiger partial charge in [0.15, 0.2) is 0 Å². The van der Waals surface area contributed by atoms with Gasteiger partial charge in [0.05, 0.1) is 11.6 Å². The smallest absolute Gasteiger partial charge is 0.231 e. The predicted octanol–water partition coefficient (Wildman–Crippen LogP) is 3.15. The van der Waals surface area contributed by atoms with Gasteiger partial charge in [-0.25, -0.2) is 4.39 Å². The molecule has 0 aliphatic heterocycles. The SMILES string of the molecule is CC(C(=O)Nc1ccc(N)c(F)c1)c1ccccc1. The van der Waals surface area contributed by atoms with Crippen molar-refractivity contribution < 1.29 is 9.18 Å². The molecule has 3 nitrogen and oxygen atoms in total. The molecule has 0 spiro atoms. The second-order valence-electron chi connectivity index (χ2n) is 4.36. The van der Waals surface area contributed by atoms with Crippen LogP contribution in [0.4, 0.5) is 15.8 Å². The first-order valence-electron chi connectivity index (χ1n) is 5.99. The number of anilines is 2. The number of nitrogen functional groups attached to an aromatic ring is 1. The van der Waals surface area contributed by atoms with Gasteiger partial charge in [-0.3, -0.25) is 4.79 Å². The molecule has 2 rings (SSSR count). The third-order valence-electron chi connectivity index (χ3n) is 2.96. The first-order chi connectivity index (χ1) is 9.08.